The summed E-state index contributed by atoms with van der Waals surface area (Å²) < 4.78 is 5.68. The molecule has 0 aliphatic heterocycles. The second-order valence-corrected chi connectivity index (χ2v) is 5.90. The number of nitrogens with one attached hydrogen (secondary N) is 1. The van der Waals surface area contributed by atoms with Gasteiger partial charge in [0.15, 0.2) is 0 Å². The molecule has 2 aromatic rings. The van der Waals surface area contributed by atoms with Crippen LogP contribution in [0.1, 0.15) is 35.1 Å². The number of aliphatic hydroxyl groups excluding tert-OH is 1. The van der Waals surface area contributed by atoms with Gasteiger partial charge >= 0.3 is 0 Å². The van der Waals surface area contributed by atoms with Crippen LogP contribution in [0.4, 0.5) is 0 Å². The highest BCUT2D eigenvalue weighted by atomic mass is 16.5. The van der Waals surface area contributed by atoms with Crippen LogP contribution in [0.25, 0.3) is 0 Å². The van der Waals surface area contributed by atoms with E-state index in [1.54, 1.807) is 0 Å². The molecule has 2 rings (SSSR count). The van der Waals surface area contributed by atoms with Gasteiger partial charge in [0.1, 0.15) is 5.75 Å². The van der Waals surface area contributed by atoms with Gasteiger partial charge < -0.3 is 15.2 Å². The third-order valence-electron chi connectivity index (χ3n) is 4.06. The minimum atomic E-state index is -0.0180. The number of benzene rings is 2. The Hall–Kier alpha value is -2.33. The maximum Gasteiger partial charge on any atom is 0.220 e. The zero-order chi connectivity index (χ0) is 17.4. The second kappa shape index (κ2) is 9.08. The molecule has 0 saturated carbocycles. The first kappa shape index (κ1) is 18.0. The molecule has 128 valence electrons. The standard InChI is InChI=1S/C20H25NO3/c1-15-9-10-19(12-16(15)2)24-11-5-8-20(23)21-13-17-6-3-4-7-18(17)14-22/h3-4,6-7,9-10,12,22H,5,8,11,13-14H2,1-2H3,(H,21,23). The average Bonchev–Trinajstić information content (AvgIpc) is 2.60. The van der Waals surface area contributed by atoms with Gasteiger partial charge in [-0.05, 0) is 54.7 Å². The van der Waals surface area contributed by atoms with Crippen molar-refractivity contribution in [2.75, 3.05) is 6.61 Å². The first-order valence-electron chi connectivity index (χ1n) is 8.24. The Morgan fingerprint density at radius 2 is 1.83 bits per heavy atom. The van der Waals surface area contributed by atoms with Crippen LogP contribution < -0.4 is 10.1 Å². The summed E-state index contributed by atoms with van der Waals surface area (Å²) in [5.74, 6) is 0.835. The minimum absolute atomic E-state index is 0.00794. The molecule has 0 aliphatic rings. The molecule has 0 atom stereocenters. The Bertz CT molecular complexity index is 682. The van der Waals surface area contributed by atoms with Gasteiger partial charge in [-0.1, -0.05) is 30.3 Å². The SMILES string of the molecule is Cc1ccc(OCCCC(=O)NCc2ccccc2CO)cc1C. The van der Waals surface area contributed by atoms with Crippen LogP contribution in [0.2, 0.25) is 0 Å². The molecular weight excluding hydrogens is 302 g/mol. The summed E-state index contributed by atoms with van der Waals surface area (Å²) in [6.45, 7) is 5.06. The summed E-state index contributed by atoms with van der Waals surface area (Å²) in [7, 11) is 0. The molecule has 0 fully saturated rings. The van der Waals surface area contributed by atoms with Crippen molar-refractivity contribution in [3.8, 4) is 5.75 Å². The van der Waals surface area contributed by atoms with Gasteiger partial charge in [-0.15, -0.1) is 0 Å². The molecule has 0 heterocycles. The highest BCUT2D eigenvalue weighted by Crippen LogP contribution is 2.16. The van der Waals surface area contributed by atoms with Gasteiger partial charge in [-0.25, -0.2) is 0 Å². The third kappa shape index (κ3) is 5.39. The van der Waals surface area contributed by atoms with E-state index in [0.717, 1.165) is 16.9 Å². The fourth-order valence-electron chi connectivity index (χ4n) is 2.39. The second-order valence-electron chi connectivity index (χ2n) is 5.90. The maximum absolute atomic E-state index is 11.9. The molecule has 0 radical (unpaired) electrons. The fourth-order valence-corrected chi connectivity index (χ4v) is 2.39. The molecule has 0 saturated heterocycles. The zero-order valence-corrected chi connectivity index (χ0v) is 14.3. The van der Waals surface area contributed by atoms with Crippen molar-refractivity contribution >= 4 is 5.91 Å². The molecule has 2 N–H and O–H groups in total. The van der Waals surface area contributed by atoms with Gasteiger partial charge in [0.2, 0.25) is 5.91 Å². The topological polar surface area (TPSA) is 58.6 Å². The highest BCUT2D eigenvalue weighted by molar-refractivity contribution is 5.75. The number of aliphatic hydroxyl groups is 1. The van der Waals surface area contributed by atoms with E-state index in [0.29, 0.717) is 26.0 Å². The largest absolute Gasteiger partial charge is 0.494 e. The van der Waals surface area contributed by atoms with E-state index in [-0.39, 0.29) is 12.5 Å². The molecule has 4 heteroatoms. The van der Waals surface area contributed by atoms with E-state index in [4.69, 9.17) is 4.74 Å². The molecule has 0 aromatic heterocycles. The normalized spacial score (nSPS) is 10.5. The monoisotopic (exact) mass is 327 g/mol. The molecular formula is C20H25NO3. The Kier molecular flexibility index (Phi) is 6.82. The summed E-state index contributed by atoms with van der Waals surface area (Å²) in [6.07, 6.45) is 1.09. The number of aryl methyl sites for hydroxylation is 2. The fraction of sp³-hybridized carbons (Fsp3) is 0.350. The lowest BCUT2D eigenvalue weighted by molar-refractivity contribution is -0.121. The van der Waals surface area contributed by atoms with Crippen molar-refractivity contribution in [2.45, 2.75) is 39.8 Å². The average molecular weight is 327 g/mol. The summed E-state index contributed by atoms with van der Waals surface area (Å²) in [4.78, 5) is 11.9. The van der Waals surface area contributed by atoms with E-state index in [9.17, 15) is 9.90 Å². The Labute approximate surface area is 143 Å². The number of rotatable bonds is 8. The molecule has 2 aromatic carbocycles. The van der Waals surface area contributed by atoms with Gasteiger partial charge in [-0.2, -0.15) is 0 Å². The van der Waals surface area contributed by atoms with Crippen molar-refractivity contribution in [1.82, 2.24) is 5.32 Å². The summed E-state index contributed by atoms with van der Waals surface area (Å²) in [5, 5.41) is 12.2. The number of carbonyl (C=O) groups is 1. The summed E-state index contributed by atoms with van der Waals surface area (Å²) in [6, 6.07) is 13.6. The van der Waals surface area contributed by atoms with Gasteiger partial charge in [0.25, 0.3) is 0 Å². The highest BCUT2D eigenvalue weighted by Gasteiger charge is 2.05. The molecule has 1 amide bonds. The first-order valence-corrected chi connectivity index (χ1v) is 8.24. The van der Waals surface area contributed by atoms with Gasteiger partial charge in [-0.3, -0.25) is 4.79 Å². The Balaban J connectivity index is 1.69. The van der Waals surface area contributed by atoms with Crippen LogP contribution in [-0.4, -0.2) is 17.6 Å². The third-order valence-corrected chi connectivity index (χ3v) is 4.06. The maximum atomic E-state index is 11.9. The molecule has 0 spiro atoms. The molecule has 0 bridgehead atoms. The molecule has 0 unspecified atom stereocenters. The summed E-state index contributed by atoms with van der Waals surface area (Å²) >= 11 is 0. The van der Waals surface area contributed by atoms with Crippen LogP contribution >= 0.6 is 0 Å². The quantitative estimate of drug-likeness (QED) is 0.732. The van der Waals surface area contributed by atoms with E-state index in [1.807, 2.05) is 42.5 Å². The van der Waals surface area contributed by atoms with Crippen molar-refractivity contribution in [1.29, 1.82) is 0 Å². The van der Waals surface area contributed by atoms with E-state index in [2.05, 4.69) is 19.2 Å². The molecule has 0 aliphatic carbocycles. The number of ether oxygens (including phenoxy) is 1. The van der Waals surface area contributed by atoms with E-state index in [1.165, 1.54) is 11.1 Å². The zero-order valence-electron chi connectivity index (χ0n) is 14.3. The Morgan fingerprint density at radius 1 is 1.08 bits per heavy atom. The summed E-state index contributed by atoms with van der Waals surface area (Å²) in [5.41, 5.74) is 4.23. The Morgan fingerprint density at radius 3 is 2.54 bits per heavy atom. The first-order chi connectivity index (χ1) is 11.6. The van der Waals surface area contributed by atoms with Gasteiger partial charge in [0, 0.05) is 13.0 Å². The predicted molar refractivity (Wildman–Crippen MR) is 94.9 cm³/mol. The predicted octanol–water partition coefficient (Wildman–Crippen LogP) is 3.27. The van der Waals surface area contributed by atoms with Crippen LogP contribution in [0.15, 0.2) is 42.5 Å². The smallest absolute Gasteiger partial charge is 0.220 e. The van der Waals surface area contributed by atoms with Crippen LogP contribution in [0, 0.1) is 13.8 Å². The van der Waals surface area contributed by atoms with Crippen molar-refractivity contribution in [3.05, 3.63) is 64.7 Å². The number of hydrogen-bond donors (Lipinski definition) is 2. The van der Waals surface area contributed by atoms with Crippen LogP contribution in [0.3, 0.4) is 0 Å². The van der Waals surface area contributed by atoms with E-state index >= 15 is 0 Å². The lowest BCUT2D eigenvalue weighted by atomic mass is 10.1. The van der Waals surface area contributed by atoms with Crippen molar-refractivity contribution < 1.29 is 14.6 Å². The minimum Gasteiger partial charge on any atom is -0.494 e. The lowest BCUT2D eigenvalue weighted by Crippen LogP contribution is -2.23. The number of hydrogen-bond acceptors (Lipinski definition) is 3. The number of amides is 1. The van der Waals surface area contributed by atoms with E-state index < -0.39 is 0 Å². The molecule has 4 nitrogen and oxygen atoms in total. The van der Waals surface area contributed by atoms with Crippen molar-refractivity contribution in [3.63, 3.8) is 0 Å². The van der Waals surface area contributed by atoms with Crippen molar-refractivity contribution in [2.24, 2.45) is 0 Å². The lowest BCUT2D eigenvalue weighted by Gasteiger charge is -2.10. The van der Waals surface area contributed by atoms with Gasteiger partial charge in [0.05, 0.1) is 13.2 Å². The van der Waals surface area contributed by atoms with Crippen LogP contribution in [-0.2, 0) is 17.9 Å². The van der Waals surface area contributed by atoms with Crippen LogP contribution in [0.5, 0.6) is 5.75 Å². The number of carbonyl (C=O) groups excluding carboxylic acids is 1. The molecule has 24 heavy (non-hydrogen) atoms.